The number of hydrogen-bond donors (Lipinski definition) is 2. The van der Waals surface area contributed by atoms with Gasteiger partial charge in [0.25, 0.3) is 11.1 Å². The maximum absolute atomic E-state index is 12.1. The second kappa shape index (κ2) is 7.61. The van der Waals surface area contributed by atoms with Crippen molar-refractivity contribution >= 4 is 23.4 Å². The zero-order valence-corrected chi connectivity index (χ0v) is 14.7. The summed E-state index contributed by atoms with van der Waals surface area (Å²) in [5.41, 5.74) is 6.98. The van der Waals surface area contributed by atoms with Gasteiger partial charge in [-0.25, -0.2) is 0 Å². The highest BCUT2D eigenvalue weighted by Gasteiger charge is 2.21. The molecule has 1 atom stereocenters. The SMILES string of the molecule is Cc1ccc(C)c(NC(=O)CSc2nnc(C([NH3+])C(C)C)o2)c1. The van der Waals surface area contributed by atoms with E-state index < -0.39 is 0 Å². The minimum Gasteiger partial charge on any atom is -0.410 e. The Balaban J connectivity index is 1.91. The number of quaternary nitrogens is 1. The van der Waals surface area contributed by atoms with E-state index in [0.29, 0.717) is 17.0 Å². The molecule has 2 aromatic rings. The van der Waals surface area contributed by atoms with Gasteiger partial charge in [-0.1, -0.05) is 37.7 Å². The number of benzene rings is 1. The Hall–Kier alpha value is -1.86. The number of aromatic nitrogens is 2. The van der Waals surface area contributed by atoms with Crippen LogP contribution in [0.5, 0.6) is 0 Å². The summed E-state index contributed by atoms with van der Waals surface area (Å²) < 4.78 is 5.55. The van der Waals surface area contributed by atoms with Crippen LogP contribution in [0.2, 0.25) is 0 Å². The molecule has 0 saturated carbocycles. The van der Waals surface area contributed by atoms with E-state index in [2.05, 4.69) is 21.2 Å². The Labute approximate surface area is 140 Å². The number of amides is 1. The van der Waals surface area contributed by atoms with Gasteiger partial charge in [-0.3, -0.25) is 4.79 Å². The molecule has 7 heteroatoms. The second-order valence-corrected chi connectivity index (χ2v) is 6.84. The quantitative estimate of drug-likeness (QED) is 0.790. The van der Waals surface area contributed by atoms with E-state index in [1.807, 2.05) is 45.9 Å². The highest BCUT2D eigenvalue weighted by Crippen LogP contribution is 2.22. The van der Waals surface area contributed by atoms with Crippen molar-refractivity contribution in [2.24, 2.45) is 5.92 Å². The van der Waals surface area contributed by atoms with Crippen molar-refractivity contribution in [3.05, 3.63) is 35.2 Å². The fourth-order valence-corrected chi connectivity index (χ4v) is 2.47. The third kappa shape index (κ3) is 4.80. The number of carbonyl (C=O) groups excluding carboxylic acids is 1. The summed E-state index contributed by atoms with van der Waals surface area (Å²) in [4.78, 5) is 12.1. The molecule has 2 rings (SSSR count). The predicted octanol–water partition coefficient (Wildman–Crippen LogP) is 2.36. The Morgan fingerprint density at radius 1 is 1.35 bits per heavy atom. The second-order valence-electron chi connectivity index (χ2n) is 5.91. The zero-order valence-electron chi connectivity index (χ0n) is 13.9. The predicted molar refractivity (Wildman–Crippen MR) is 90.0 cm³/mol. The van der Waals surface area contributed by atoms with Crippen LogP contribution in [0, 0.1) is 19.8 Å². The minimum absolute atomic E-state index is 0.0411. The average Bonchev–Trinajstić information content (AvgIpc) is 2.97. The molecule has 6 nitrogen and oxygen atoms in total. The fraction of sp³-hybridized carbons (Fsp3) is 0.438. The van der Waals surface area contributed by atoms with Crippen LogP contribution in [-0.2, 0) is 4.79 Å². The van der Waals surface area contributed by atoms with Gasteiger partial charge in [0.05, 0.1) is 5.75 Å². The lowest BCUT2D eigenvalue weighted by molar-refractivity contribution is -0.443. The molecular formula is C16H23N4O2S+. The Kier molecular flexibility index (Phi) is 5.79. The molecule has 0 aliphatic carbocycles. The van der Waals surface area contributed by atoms with Crippen LogP contribution in [0.1, 0.15) is 36.9 Å². The largest absolute Gasteiger partial charge is 0.410 e. The van der Waals surface area contributed by atoms with Crippen LogP contribution in [-0.4, -0.2) is 21.9 Å². The molecule has 0 fully saturated rings. The summed E-state index contributed by atoms with van der Waals surface area (Å²) >= 11 is 1.23. The first-order valence-corrected chi connectivity index (χ1v) is 8.51. The number of carbonyl (C=O) groups is 1. The summed E-state index contributed by atoms with van der Waals surface area (Å²) in [6.07, 6.45) is 0. The molecule has 0 radical (unpaired) electrons. The molecule has 124 valence electrons. The van der Waals surface area contributed by atoms with Crippen molar-refractivity contribution in [3.63, 3.8) is 0 Å². The van der Waals surface area contributed by atoms with E-state index in [0.717, 1.165) is 16.8 Å². The first-order chi connectivity index (χ1) is 10.9. The molecule has 0 spiro atoms. The summed E-state index contributed by atoms with van der Waals surface area (Å²) in [5, 5.41) is 11.3. The molecule has 1 aromatic carbocycles. The summed E-state index contributed by atoms with van der Waals surface area (Å²) in [7, 11) is 0. The van der Waals surface area contributed by atoms with E-state index in [1.54, 1.807) is 0 Å². The van der Waals surface area contributed by atoms with Crippen LogP contribution in [0.25, 0.3) is 0 Å². The smallest absolute Gasteiger partial charge is 0.277 e. The minimum atomic E-state index is -0.0986. The molecule has 0 aliphatic rings. The van der Waals surface area contributed by atoms with Gasteiger partial charge in [0, 0.05) is 11.6 Å². The molecule has 0 aliphatic heterocycles. The number of thioether (sulfide) groups is 1. The van der Waals surface area contributed by atoms with Gasteiger partial charge >= 0.3 is 0 Å². The van der Waals surface area contributed by atoms with E-state index >= 15 is 0 Å². The lowest BCUT2D eigenvalue weighted by Gasteiger charge is -2.08. The number of rotatable bonds is 6. The van der Waals surface area contributed by atoms with E-state index in [4.69, 9.17) is 4.42 Å². The maximum atomic E-state index is 12.1. The van der Waals surface area contributed by atoms with Crippen molar-refractivity contribution in [1.82, 2.24) is 10.2 Å². The molecule has 0 saturated heterocycles. The molecule has 4 N–H and O–H groups in total. The van der Waals surface area contributed by atoms with Crippen molar-refractivity contribution in [2.45, 2.75) is 39.0 Å². The van der Waals surface area contributed by atoms with Crippen LogP contribution < -0.4 is 11.1 Å². The fourth-order valence-electron chi connectivity index (χ4n) is 1.90. The van der Waals surface area contributed by atoms with Crippen LogP contribution in [0.4, 0.5) is 5.69 Å². The average molecular weight is 335 g/mol. The van der Waals surface area contributed by atoms with Crippen molar-refractivity contribution in [3.8, 4) is 0 Å². The van der Waals surface area contributed by atoms with E-state index in [9.17, 15) is 4.79 Å². The van der Waals surface area contributed by atoms with Crippen LogP contribution in [0.3, 0.4) is 0 Å². The number of hydrogen-bond acceptors (Lipinski definition) is 5. The highest BCUT2D eigenvalue weighted by atomic mass is 32.2. The molecule has 1 amide bonds. The maximum Gasteiger partial charge on any atom is 0.277 e. The summed E-state index contributed by atoms with van der Waals surface area (Å²) in [6.45, 7) is 8.05. The Bertz CT molecular complexity index is 684. The van der Waals surface area contributed by atoms with Crippen molar-refractivity contribution < 1.29 is 14.9 Å². The molecular weight excluding hydrogens is 312 g/mol. The number of aryl methyl sites for hydroxylation is 2. The lowest BCUT2D eigenvalue weighted by Crippen LogP contribution is -2.56. The molecule has 0 bridgehead atoms. The first-order valence-electron chi connectivity index (χ1n) is 7.53. The Morgan fingerprint density at radius 2 is 2.09 bits per heavy atom. The van der Waals surface area contributed by atoms with Gasteiger partial charge in [0.1, 0.15) is 0 Å². The van der Waals surface area contributed by atoms with Crippen LogP contribution >= 0.6 is 11.8 Å². The van der Waals surface area contributed by atoms with Gasteiger partial charge in [0.15, 0.2) is 6.04 Å². The number of nitrogens with one attached hydrogen (secondary N) is 1. The van der Waals surface area contributed by atoms with Gasteiger partial charge in [-0.2, -0.15) is 0 Å². The zero-order chi connectivity index (χ0) is 17.0. The monoisotopic (exact) mass is 335 g/mol. The molecule has 1 heterocycles. The van der Waals surface area contributed by atoms with Gasteiger partial charge in [0.2, 0.25) is 5.91 Å². The van der Waals surface area contributed by atoms with E-state index in [1.165, 1.54) is 11.8 Å². The van der Waals surface area contributed by atoms with Gasteiger partial charge in [-0.05, 0) is 31.0 Å². The van der Waals surface area contributed by atoms with E-state index in [-0.39, 0.29) is 17.7 Å². The van der Waals surface area contributed by atoms with Gasteiger partial charge < -0.3 is 15.5 Å². The third-order valence-electron chi connectivity index (χ3n) is 3.54. The standard InChI is InChI=1S/C16H22N4O2S/c1-9(2)14(17)15-19-20-16(22-15)23-8-13(21)18-12-7-10(3)5-6-11(12)4/h5-7,9,14H,8,17H2,1-4H3,(H,18,21)/p+1. The first kappa shape index (κ1) is 17.5. The molecule has 23 heavy (non-hydrogen) atoms. The molecule has 1 unspecified atom stereocenters. The van der Waals surface area contributed by atoms with Crippen molar-refractivity contribution in [2.75, 3.05) is 11.1 Å². The summed E-state index contributed by atoms with van der Waals surface area (Å²) in [5.74, 6) is 0.954. The third-order valence-corrected chi connectivity index (χ3v) is 4.36. The topological polar surface area (TPSA) is 95.7 Å². The number of anilines is 1. The highest BCUT2D eigenvalue weighted by molar-refractivity contribution is 7.99. The van der Waals surface area contributed by atoms with Crippen molar-refractivity contribution in [1.29, 1.82) is 0 Å². The normalized spacial score (nSPS) is 12.4. The Morgan fingerprint density at radius 3 is 2.78 bits per heavy atom. The lowest BCUT2D eigenvalue weighted by atomic mass is 10.1. The van der Waals surface area contributed by atoms with Crippen LogP contribution in [0.15, 0.2) is 27.8 Å². The molecule has 1 aromatic heterocycles. The summed E-state index contributed by atoms with van der Waals surface area (Å²) in [6, 6.07) is 5.92. The van der Waals surface area contributed by atoms with Gasteiger partial charge in [-0.15, -0.1) is 10.2 Å². The number of nitrogens with zero attached hydrogens (tertiary/aromatic N) is 2.